The Morgan fingerprint density at radius 3 is 2.45 bits per heavy atom. The first kappa shape index (κ1) is 17.6. The minimum absolute atomic E-state index is 0.0408. The molecule has 0 spiro atoms. The highest BCUT2D eigenvalue weighted by Gasteiger charge is 2.19. The van der Waals surface area contributed by atoms with Crippen molar-refractivity contribution in [2.45, 2.75) is 32.1 Å². The van der Waals surface area contributed by atoms with Gasteiger partial charge in [-0.3, -0.25) is 4.79 Å². The second-order valence-corrected chi connectivity index (χ2v) is 8.56. The molecule has 20 heavy (non-hydrogen) atoms. The topological polar surface area (TPSA) is 66.5 Å². The average Bonchev–Trinajstić information content (AvgIpc) is 2.70. The Labute approximate surface area is 132 Å². The number of sulfonamides is 1. The zero-order valence-corrected chi connectivity index (χ0v) is 15.0. The van der Waals surface area contributed by atoms with Gasteiger partial charge in [0.25, 0.3) is 0 Å². The molecule has 0 aliphatic heterocycles. The van der Waals surface area contributed by atoms with Crippen molar-refractivity contribution in [2.24, 2.45) is 0 Å². The monoisotopic (exact) mass is 382 g/mol. The molecule has 0 saturated carbocycles. The van der Waals surface area contributed by atoms with Gasteiger partial charge < -0.3 is 4.90 Å². The largest absolute Gasteiger partial charge is 0.343 e. The van der Waals surface area contributed by atoms with Crippen LogP contribution in [0.25, 0.3) is 0 Å². The van der Waals surface area contributed by atoms with Gasteiger partial charge in [-0.05, 0) is 42.8 Å². The maximum atomic E-state index is 12.1. The summed E-state index contributed by atoms with van der Waals surface area (Å²) in [5.74, 6) is -0.0408. The van der Waals surface area contributed by atoms with E-state index in [1.807, 2.05) is 13.8 Å². The lowest BCUT2D eigenvalue weighted by atomic mass is 10.3. The fourth-order valence-electron chi connectivity index (χ4n) is 1.80. The molecule has 1 heterocycles. The summed E-state index contributed by atoms with van der Waals surface area (Å²) in [7, 11) is -3.55. The lowest BCUT2D eigenvalue weighted by Crippen LogP contribution is -2.34. The molecule has 1 aromatic rings. The van der Waals surface area contributed by atoms with Crippen LogP contribution in [0.1, 0.15) is 25.1 Å². The van der Waals surface area contributed by atoms with Gasteiger partial charge in [0.1, 0.15) is 0 Å². The van der Waals surface area contributed by atoms with E-state index >= 15 is 0 Å². The molecule has 0 radical (unpaired) electrons. The van der Waals surface area contributed by atoms with Crippen molar-refractivity contribution in [3.8, 4) is 0 Å². The molecule has 1 amide bonds. The maximum Gasteiger partial charge on any atom is 0.241 e. The van der Waals surface area contributed by atoms with E-state index in [0.717, 1.165) is 8.66 Å². The molecule has 1 aromatic heterocycles. The van der Waals surface area contributed by atoms with Gasteiger partial charge in [-0.1, -0.05) is 0 Å². The fraction of sp³-hybridized carbons (Fsp3) is 0.583. The van der Waals surface area contributed by atoms with Crippen LogP contribution in [0.15, 0.2) is 14.7 Å². The summed E-state index contributed by atoms with van der Waals surface area (Å²) in [5, 5.41) is 0. The van der Waals surface area contributed by atoms with Crippen molar-refractivity contribution < 1.29 is 13.2 Å². The number of rotatable bonds is 7. The van der Waals surface area contributed by atoms with Crippen LogP contribution in [0.3, 0.4) is 0 Å². The first-order valence-corrected chi connectivity index (χ1v) is 9.44. The second-order valence-electron chi connectivity index (χ2n) is 4.18. The summed E-state index contributed by atoms with van der Waals surface area (Å²) in [5.41, 5.74) is 0. The smallest absolute Gasteiger partial charge is 0.241 e. The Bertz CT molecular complexity index is 565. The van der Waals surface area contributed by atoms with E-state index < -0.39 is 10.0 Å². The predicted octanol–water partition coefficient (Wildman–Crippen LogP) is 2.36. The van der Waals surface area contributed by atoms with E-state index in [-0.39, 0.29) is 23.8 Å². The first-order valence-electron chi connectivity index (χ1n) is 6.35. The molecule has 0 aliphatic carbocycles. The zero-order chi connectivity index (χ0) is 15.3. The van der Waals surface area contributed by atoms with E-state index in [2.05, 4.69) is 20.7 Å². The molecule has 1 rings (SSSR count). The molecule has 0 aromatic carbocycles. The number of carbonyl (C=O) groups is 1. The Morgan fingerprint density at radius 2 is 2.00 bits per heavy atom. The van der Waals surface area contributed by atoms with Crippen molar-refractivity contribution >= 4 is 43.2 Å². The molecular weight excluding hydrogens is 364 g/mol. The standard InChI is InChI=1S/C12H19BrN2O3S2/c1-4-15(5-2)12(16)6-7-14-20(17,18)10-8-11(13)19-9(10)3/h8,14H,4-7H2,1-3H3. The van der Waals surface area contributed by atoms with Crippen molar-refractivity contribution in [1.82, 2.24) is 9.62 Å². The van der Waals surface area contributed by atoms with E-state index in [1.165, 1.54) is 11.3 Å². The molecule has 1 N–H and O–H groups in total. The SMILES string of the molecule is CCN(CC)C(=O)CCNS(=O)(=O)c1cc(Br)sc1C. The van der Waals surface area contributed by atoms with Gasteiger partial charge in [-0.25, -0.2) is 13.1 Å². The Morgan fingerprint density at radius 1 is 1.40 bits per heavy atom. The van der Waals surface area contributed by atoms with E-state index in [4.69, 9.17) is 0 Å². The number of halogens is 1. The van der Waals surface area contributed by atoms with E-state index in [1.54, 1.807) is 17.9 Å². The number of hydrogen-bond donors (Lipinski definition) is 1. The van der Waals surface area contributed by atoms with Crippen LogP contribution in [0.4, 0.5) is 0 Å². The average molecular weight is 383 g/mol. The number of amides is 1. The Hall–Kier alpha value is -0.440. The van der Waals surface area contributed by atoms with Gasteiger partial charge in [0.05, 0.1) is 8.68 Å². The molecular formula is C12H19BrN2O3S2. The molecule has 0 unspecified atom stereocenters. The van der Waals surface area contributed by atoms with E-state index in [9.17, 15) is 13.2 Å². The van der Waals surface area contributed by atoms with Crippen molar-refractivity contribution in [3.05, 3.63) is 14.7 Å². The normalized spacial score (nSPS) is 11.6. The third-order valence-electron chi connectivity index (χ3n) is 2.88. The Kier molecular flexibility index (Phi) is 6.63. The van der Waals surface area contributed by atoms with Gasteiger partial charge in [-0.15, -0.1) is 11.3 Å². The van der Waals surface area contributed by atoms with E-state index in [0.29, 0.717) is 13.1 Å². The zero-order valence-electron chi connectivity index (χ0n) is 11.8. The van der Waals surface area contributed by atoms with Crippen molar-refractivity contribution in [2.75, 3.05) is 19.6 Å². The number of nitrogens with zero attached hydrogens (tertiary/aromatic N) is 1. The van der Waals surface area contributed by atoms with Crippen LogP contribution in [0, 0.1) is 6.92 Å². The van der Waals surface area contributed by atoms with Crippen LogP contribution < -0.4 is 4.72 Å². The van der Waals surface area contributed by atoms with Gasteiger partial charge >= 0.3 is 0 Å². The lowest BCUT2D eigenvalue weighted by Gasteiger charge is -2.18. The number of hydrogen-bond acceptors (Lipinski definition) is 4. The molecule has 0 fully saturated rings. The lowest BCUT2D eigenvalue weighted by molar-refractivity contribution is -0.130. The van der Waals surface area contributed by atoms with Gasteiger partial charge in [0.15, 0.2) is 0 Å². The van der Waals surface area contributed by atoms with Gasteiger partial charge in [0, 0.05) is 30.9 Å². The summed E-state index contributed by atoms with van der Waals surface area (Å²) >= 11 is 4.64. The predicted molar refractivity (Wildman–Crippen MR) is 84.5 cm³/mol. The summed E-state index contributed by atoms with van der Waals surface area (Å²) in [4.78, 5) is 14.5. The van der Waals surface area contributed by atoms with Gasteiger partial charge in [-0.2, -0.15) is 0 Å². The highest BCUT2D eigenvalue weighted by molar-refractivity contribution is 9.11. The molecule has 0 atom stereocenters. The highest BCUT2D eigenvalue weighted by Crippen LogP contribution is 2.29. The number of aryl methyl sites for hydroxylation is 1. The third-order valence-corrected chi connectivity index (χ3v) is 6.15. The number of carbonyl (C=O) groups excluding carboxylic acids is 1. The second kappa shape index (κ2) is 7.53. The van der Waals surface area contributed by atoms with Gasteiger partial charge in [0.2, 0.25) is 15.9 Å². The fourth-order valence-corrected chi connectivity index (χ4v) is 5.25. The quantitative estimate of drug-likeness (QED) is 0.786. The summed E-state index contributed by atoms with van der Waals surface area (Å²) in [6.07, 6.45) is 0.172. The van der Waals surface area contributed by atoms with Crippen molar-refractivity contribution in [3.63, 3.8) is 0 Å². The third kappa shape index (κ3) is 4.54. The summed E-state index contributed by atoms with van der Waals surface area (Å²) in [6, 6.07) is 1.58. The Balaban J connectivity index is 2.61. The number of nitrogens with one attached hydrogen (secondary N) is 1. The molecule has 8 heteroatoms. The number of thiophene rings is 1. The minimum Gasteiger partial charge on any atom is -0.343 e. The van der Waals surface area contributed by atoms with Crippen molar-refractivity contribution in [1.29, 1.82) is 0 Å². The summed E-state index contributed by atoms with van der Waals surface area (Å²) in [6.45, 7) is 6.95. The first-order chi connectivity index (χ1) is 9.31. The van der Waals surface area contributed by atoms with Crippen LogP contribution in [0.5, 0.6) is 0 Å². The van der Waals surface area contributed by atoms with Crippen LogP contribution in [-0.2, 0) is 14.8 Å². The molecule has 5 nitrogen and oxygen atoms in total. The van der Waals surface area contributed by atoms with Crippen LogP contribution in [0.2, 0.25) is 0 Å². The molecule has 0 aliphatic rings. The minimum atomic E-state index is -3.55. The van der Waals surface area contributed by atoms with Crippen LogP contribution >= 0.6 is 27.3 Å². The van der Waals surface area contributed by atoms with Crippen LogP contribution in [-0.4, -0.2) is 38.9 Å². The molecule has 0 bridgehead atoms. The highest BCUT2D eigenvalue weighted by atomic mass is 79.9. The summed E-state index contributed by atoms with van der Waals surface area (Å²) < 4.78 is 27.5. The molecule has 114 valence electrons. The maximum absolute atomic E-state index is 12.1. The molecule has 0 saturated heterocycles.